The first-order chi connectivity index (χ1) is 8.74. The molecule has 3 heteroatoms. The lowest BCUT2D eigenvalue weighted by Gasteiger charge is -2.18. The lowest BCUT2D eigenvalue weighted by molar-refractivity contribution is -0.120. The monoisotopic (exact) mass is 248 g/mol. The summed E-state index contributed by atoms with van der Waals surface area (Å²) in [5.41, 5.74) is 1.15. The van der Waals surface area contributed by atoms with Gasteiger partial charge in [0.05, 0.1) is 0 Å². The van der Waals surface area contributed by atoms with Crippen LogP contribution in [0.2, 0.25) is 0 Å². The number of nitrogens with one attached hydrogen (secondary N) is 1. The summed E-state index contributed by atoms with van der Waals surface area (Å²) in [7, 11) is 2.01. The number of amides is 1. The Kier molecular flexibility index (Phi) is 6.92. The van der Waals surface area contributed by atoms with Gasteiger partial charge in [-0.1, -0.05) is 38.0 Å². The summed E-state index contributed by atoms with van der Waals surface area (Å²) in [4.78, 5) is 13.7. The largest absolute Gasteiger partial charge is 0.374 e. The van der Waals surface area contributed by atoms with Gasteiger partial charge in [-0.15, -0.1) is 0 Å². The number of carbonyl (C=O) groups excluding carboxylic acids is 1. The van der Waals surface area contributed by atoms with Crippen molar-refractivity contribution in [1.82, 2.24) is 5.32 Å². The highest BCUT2D eigenvalue weighted by atomic mass is 16.1. The molecule has 1 aromatic rings. The van der Waals surface area contributed by atoms with E-state index in [0.717, 1.165) is 25.2 Å². The SMILES string of the molecule is CCCCCNC(=O)CCN(C)c1ccccc1. The highest BCUT2D eigenvalue weighted by Crippen LogP contribution is 2.10. The van der Waals surface area contributed by atoms with Gasteiger partial charge in [-0.3, -0.25) is 4.79 Å². The molecule has 0 heterocycles. The highest BCUT2D eigenvalue weighted by molar-refractivity contribution is 5.76. The molecule has 1 N–H and O–H groups in total. The van der Waals surface area contributed by atoms with E-state index in [1.165, 1.54) is 12.8 Å². The van der Waals surface area contributed by atoms with Crippen LogP contribution in [0.25, 0.3) is 0 Å². The van der Waals surface area contributed by atoms with E-state index in [9.17, 15) is 4.79 Å². The summed E-state index contributed by atoms with van der Waals surface area (Å²) in [6, 6.07) is 10.1. The van der Waals surface area contributed by atoms with Gasteiger partial charge in [0.25, 0.3) is 0 Å². The van der Waals surface area contributed by atoms with Crippen molar-refractivity contribution >= 4 is 11.6 Å². The molecular weight excluding hydrogens is 224 g/mol. The third kappa shape index (κ3) is 5.71. The molecule has 0 radical (unpaired) electrons. The first kappa shape index (κ1) is 14.6. The molecule has 3 nitrogen and oxygen atoms in total. The summed E-state index contributed by atoms with van der Waals surface area (Å²) < 4.78 is 0. The first-order valence-electron chi connectivity index (χ1n) is 6.77. The second-order valence-electron chi connectivity index (χ2n) is 4.56. The minimum atomic E-state index is 0.147. The molecule has 0 aliphatic carbocycles. The molecule has 0 atom stereocenters. The summed E-state index contributed by atoms with van der Waals surface area (Å²) in [6.07, 6.45) is 4.01. The van der Waals surface area contributed by atoms with Crippen LogP contribution in [-0.4, -0.2) is 26.0 Å². The minimum Gasteiger partial charge on any atom is -0.374 e. The zero-order chi connectivity index (χ0) is 13.2. The molecule has 0 aliphatic rings. The zero-order valence-corrected chi connectivity index (χ0v) is 11.5. The lowest BCUT2D eigenvalue weighted by Crippen LogP contribution is -2.29. The van der Waals surface area contributed by atoms with Crippen molar-refractivity contribution in [3.63, 3.8) is 0 Å². The molecule has 0 fully saturated rings. The lowest BCUT2D eigenvalue weighted by atomic mass is 10.2. The van der Waals surface area contributed by atoms with Crippen molar-refractivity contribution in [3.05, 3.63) is 30.3 Å². The van der Waals surface area contributed by atoms with Gasteiger partial charge in [0, 0.05) is 32.2 Å². The van der Waals surface area contributed by atoms with Crippen molar-refractivity contribution in [2.45, 2.75) is 32.6 Å². The molecular formula is C15H24N2O. The van der Waals surface area contributed by atoms with Crippen molar-refractivity contribution in [2.75, 3.05) is 25.0 Å². The molecule has 0 spiro atoms. The van der Waals surface area contributed by atoms with Gasteiger partial charge in [-0.2, -0.15) is 0 Å². The molecule has 18 heavy (non-hydrogen) atoms. The maximum Gasteiger partial charge on any atom is 0.221 e. The highest BCUT2D eigenvalue weighted by Gasteiger charge is 2.04. The number of unbranched alkanes of at least 4 members (excludes halogenated alkanes) is 2. The average Bonchev–Trinajstić information content (AvgIpc) is 2.42. The number of hydrogen-bond acceptors (Lipinski definition) is 2. The maximum absolute atomic E-state index is 11.6. The van der Waals surface area contributed by atoms with Gasteiger partial charge in [-0.05, 0) is 18.6 Å². The smallest absolute Gasteiger partial charge is 0.221 e. The minimum absolute atomic E-state index is 0.147. The molecule has 1 rings (SSSR count). The molecule has 1 aromatic carbocycles. The molecule has 0 unspecified atom stereocenters. The standard InChI is InChI=1S/C15H24N2O/c1-3-4-8-12-16-15(18)11-13-17(2)14-9-6-5-7-10-14/h5-7,9-10H,3-4,8,11-13H2,1-2H3,(H,16,18). The van der Waals surface area contributed by atoms with E-state index in [1.54, 1.807) is 0 Å². The number of carbonyl (C=O) groups is 1. The summed E-state index contributed by atoms with van der Waals surface area (Å²) in [6.45, 7) is 3.72. The molecule has 0 saturated carbocycles. The Bertz CT molecular complexity index is 338. The maximum atomic E-state index is 11.6. The van der Waals surface area contributed by atoms with Gasteiger partial charge < -0.3 is 10.2 Å². The number of nitrogens with zero attached hydrogens (tertiary/aromatic N) is 1. The third-order valence-electron chi connectivity index (χ3n) is 2.97. The van der Waals surface area contributed by atoms with E-state index in [2.05, 4.69) is 29.3 Å². The fraction of sp³-hybridized carbons (Fsp3) is 0.533. The van der Waals surface area contributed by atoms with Crippen LogP contribution < -0.4 is 10.2 Å². The van der Waals surface area contributed by atoms with E-state index < -0.39 is 0 Å². The fourth-order valence-corrected chi connectivity index (χ4v) is 1.77. The van der Waals surface area contributed by atoms with E-state index >= 15 is 0 Å². The summed E-state index contributed by atoms with van der Waals surface area (Å²) in [5, 5.41) is 2.96. The van der Waals surface area contributed by atoms with Crippen LogP contribution >= 0.6 is 0 Å². The van der Waals surface area contributed by atoms with Gasteiger partial charge in [-0.25, -0.2) is 0 Å². The van der Waals surface area contributed by atoms with Crippen LogP contribution in [0.15, 0.2) is 30.3 Å². The van der Waals surface area contributed by atoms with Crippen LogP contribution in [0.1, 0.15) is 32.6 Å². The number of benzene rings is 1. The molecule has 0 bridgehead atoms. The normalized spacial score (nSPS) is 10.1. The van der Waals surface area contributed by atoms with E-state index in [0.29, 0.717) is 6.42 Å². The Hall–Kier alpha value is -1.51. The molecule has 0 aliphatic heterocycles. The predicted octanol–water partition coefficient (Wildman–Crippen LogP) is 2.82. The van der Waals surface area contributed by atoms with Gasteiger partial charge in [0.15, 0.2) is 0 Å². The van der Waals surface area contributed by atoms with Gasteiger partial charge in [0.2, 0.25) is 5.91 Å². The van der Waals surface area contributed by atoms with Crippen molar-refractivity contribution < 1.29 is 4.79 Å². The Morgan fingerprint density at radius 3 is 2.61 bits per heavy atom. The first-order valence-corrected chi connectivity index (χ1v) is 6.77. The molecule has 1 amide bonds. The average molecular weight is 248 g/mol. The molecule has 0 saturated heterocycles. The number of para-hydroxylation sites is 1. The van der Waals surface area contributed by atoms with Crippen LogP contribution in [0.4, 0.5) is 5.69 Å². The van der Waals surface area contributed by atoms with Gasteiger partial charge in [0.1, 0.15) is 0 Å². The van der Waals surface area contributed by atoms with Crippen LogP contribution in [-0.2, 0) is 4.79 Å². The number of anilines is 1. The van der Waals surface area contributed by atoms with Crippen LogP contribution in [0.5, 0.6) is 0 Å². The van der Waals surface area contributed by atoms with E-state index in [1.807, 2.05) is 25.2 Å². The zero-order valence-electron chi connectivity index (χ0n) is 11.5. The van der Waals surface area contributed by atoms with E-state index in [4.69, 9.17) is 0 Å². The quantitative estimate of drug-likeness (QED) is 0.717. The van der Waals surface area contributed by atoms with Crippen molar-refractivity contribution in [1.29, 1.82) is 0 Å². The number of rotatable bonds is 8. The predicted molar refractivity (Wildman–Crippen MR) is 76.9 cm³/mol. The summed E-state index contributed by atoms with van der Waals surface area (Å²) >= 11 is 0. The van der Waals surface area contributed by atoms with Crippen molar-refractivity contribution in [3.8, 4) is 0 Å². The summed E-state index contributed by atoms with van der Waals surface area (Å²) in [5.74, 6) is 0.147. The molecule has 0 aromatic heterocycles. The third-order valence-corrected chi connectivity index (χ3v) is 2.97. The van der Waals surface area contributed by atoms with Crippen LogP contribution in [0, 0.1) is 0 Å². The van der Waals surface area contributed by atoms with Gasteiger partial charge >= 0.3 is 0 Å². The van der Waals surface area contributed by atoms with Crippen molar-refractivity contribution in [2.24, 2.45) is 0 Å². The Labute approximate surface area is 110 Å². The second kappa shape index (κ2) is 8.56. The van der Waals surface area contributed by atoms with Crippen LogP contribution in [0.3, 0.4) is 0 Å². The Morgan fingerprint density at radius 1 is 1.22 bits per heavy atom. The molecule has 100 valence electrons. The Balaban J connectivity index is 2.18. The topological polar surface area (TPSA) is 32.3 Å². The number of hydrogen-bond donors (Lipinski definition) is 1. The second-order valence-corrected chi connectivity index (χ2v) is 4.56. The Morgan fingerprint density at radius 2 is 1.94 bits per heavy atom. The fourth-order valence-electron chi connectivity index (χ4n) is 1.77. The van der Waals surface area contributed by atoms with E-state index in [-0.39, 0.29) is 5.91 Å².